The first-order chi connectivity index (χ1) is 14.3. The largest absolute Gasteiger partial charge is 0.454 e. The van der Waals surface area contributed by atoms with Gasteiger partial charge in [0, 0.05) is 35.1 Å². The van der Waals surface area contributed by atoms with E-state index in [2.05, 4.69) is 5.10 Å². The van der Waals surface area contributed by atoms with Gasteiger partial charge < -0.3 is 9.30 Å². The molecule has 156 valence electrons. The number of halogens is 1. The number of aromatic nitrogens is 3. The summed E-state index contributed by atoms with van der Waals surface area (Å²) in [6, 6.07) is 11.3. The van der Waals surface area contributed by atoms with E-state index >= 15 is 0 Å². The van der Waals surface area contributed by atoms with Crippen molar-refractivity contribution in [1.29, 1.82) is 0 Å². The number of aryl methyl sites for hydroxylation is 2. The molecule has 0 radical (unpaired) electrons. The summed E-state index contributed by atoms with van der Waals surface area (Å²) in [5.74, 6) is -0.841. The van der Waals surface area contributed by atoms with Crippen LogP contribution in [-0.2, 0) is 16.1 Å². The lowest BCUT2D eigenvalue weighted by Gasteiger charge is -2.05. The molecular formula is C23H24ClN3O3. The van der Waals surface area contributed by atoms with E-state index in [-0.39, 0.29) is 12.4 Å². The van der Waals surface area contributed by atoms with Crippen LogP contribution in [-0.4, -0.2) is 32.7 Å². The maximum atomic E-state index is 12.4. The van der Waals surface area contributed by atoms with Gasteiger partial charge in [0.25, 0.3) is 0 Å². The summed E-state index contributed by atoms with van der Waals surface area (Å²) in [4.78, 5) is 24.6. The molecule has 3 aromatic rings. The third-order valence-corrected chi connectivity index (χ3v) is 5.33. The highest BCUT2D eigenvalue weighted by atomic mass is 35.5. The van der Waals surface area contributed by atoms with Gasteiger partial charge in [-0.1, -0.05) is 29.8 Å². The van der Waals surface area contributed by atoms with Crippen LogP contribution in [0.5, 0.6) is 0 Å². The highest BCUT2D eigenvalue weighted by Gasteiger charge is 2.17. The molecule has 3 rings (SSSR count). The number of esters is 1. The quantitative estimate of drug-likeness (QED) is 0.312. The minimum Gasteiger partial charge on any atom is -0.454 e. The molecule has 0 aliphatic carbocycles. The Morgan fingerprint density at radius 3 is 2.50 bits per heavy atom. The van der Waals surface area contributed by atoms with E-state index in [1.165, 1.54) is 6.08 Å². The Morgan fingerprint density at radius 2 is 1.87 bits per heavy atom. The second kappa shape index (κ2) is 9.13. The molecule has 0 saturated carbocycles. The molecule has 0 unspecified atom stereocenters. The Balaban J connectivity index is 1.67. The van der Waals surface area contributed by atoms with Crippen LogP contribution in [0.4, 0.5) is 0 Å². The molecule has 0 fully saturated rings. The second-order valence-corrected chi connectivity index (χ2v) is 7.29. The zero-order valence-electron chi connectivity index (χ0n) is 17.5. The second-order valence-electron chi connectivity index (χ2n) is 6.93. The summed E-state index contributed by atoms with van der Waals surface area (Å²) >= 11 is 6.44. The molecule has 0 N–H and O–H groups in total. The molecule has 2 aromatic heterocycles. The first-order valence-electron chi connectivity index (χ1n) is 9.68. The van der Waals surface area contributed by atoms with E-state index in [0.29, 0.717) is 22.0 Å². The van der Waals surface area contributed by atoms with Gasteiger partial charge in [0.2, 0.25) is 5.78 Å². The number of ether oxygens (including phenoxy) is 1. The number of carbonyl (C=O) groups is 2. The number of Topliss-reactive ketones (excluding diaryl/α,β-unsaturated/α-hetero) is 1. The van der Waals surface area contributed by atoms with Crippen molar-refractivity contribution in [3.63, 3.8) is 0 Å². The van der Waals surface area contributed by atoms with Crippen LogP contribution in [0.3, 0.4) is 0 Å². The van der Waals surface area contributed by atoms with Crippen LogP contribution < -0.4 is 0 Å². The smallest absolute Gasteiger partial charge is 0.331 e. The van der Waals surface area contributed by atoms with Gasteiger partial charge in [-0.15, -0.1) is 0 Å². The average Bonchev–Trinajstić information content (AvgIpc) is 3.19. The zero-order valence-corrected chi connectivity index (χ0v) is 18.2. The SMILES string of the molecule is CCn1c(C)cc(C(=O)COC(=O)/C=C/c2c(C)nn(-c3ccccc3)c2Cl)c1C. The van der Waals surface area contributed by atoms with Gasteiger partial charge >= 0.3 is 5.97 Å². The van der Waals surface area contributed by atoms with Crippen molar-refractivity contribution in [3.8, 4) is 5.69 Å². The molecular weight excluding hydrogens is 402 g/mol. The monoisotopic (exact) mass is 425 g/mol. The summed E-state index contributed by atoms with van der Waals surface area (Å²) in [5.41, 5.74) is 4.58. The maximum absolute atomic E-state index is 12.4. The highest BCUT2D eigenvalue weighted by molar-refractivity contribution is 6.31. The van der Waals surface area contributed by atoms with Gasteiger partial charge in [0.15, 0.2) is 6.61 Å². The third-order valence-electron chi connectivity index (χ3n) is 4.97. The van der Waals surface area contributed by atoms with E-state index in [1.807, 2.05) is 68.7 Å². The van der Waals surface area contributed by atoms with Crippen LogP contribution in [0.2, 0.25) is 5.15 Å². The minimum atomic E-state index is -0.615. The zero-order chi connectivity index (χ0) is 21.8. The molecule has 0 spiro atoms. The number of hydrogen-bond donors (Lipinski definition) is 0. The van der Waals surface area contributed by atoms with Crippen molar-refractivity contribution < 1.29 is 14.3 Å². The molecule has 6 nitrogen and oxygen atoms in total. The van der Waals surface area contributed by atoms with Crippen LogP contribution in [0, 0.1) is 20.8 Å². The van der Waals surface area contributed by atoms with Gasteiger partial charge in [-0.25, -0.2) is 9.48 Å². The lowest BCUT2D eigenvalue weighted by molar-refractivity contribution is -0.136. The average molecular weight is 426 g/mol. The number of hydrogen-bond acceptors (Lipinski definition) is 4. The Labute approximate surface area is 180 Å². The van der Waals surface area contributed by atoms with Crippen molar-refractivity contribution in [2.45, 2.75) is 34.2 Å². The van der Waals surface area contributed by atoms with E-state index in [9.17, 15) is 9.59 Å². The standard InChI is InChI=1S/C23H24ClN3O3/c1-5-26-15(2)13-20(17(26)4)21(28)14-30-22(29)12-11-19-16(3)25-27(23(19)24)18-9-7-6-8-10-18/h6-13H,5,14H2,1-4H3/b12-11+. The summed E-state index contributed by atoms with van der Waals surface area (Å²) in [6.07, 6.45) is 2.81. The lowest BCUT2D eigenvalue weighted by Crippen LogP contribution is -2.13. The van der Waals surface area contributed by atoms with Crippen LogP contribution >= 0.6 is 11.6 Å². The Bertz CT molecular complexity index is 1110. The number of ketones is 1. The van der Waals surface area contributed by atoms with Gasteiger partial charge in [-0.05, 0) is 52.0 Å². The van der Waals surface area contributed by atoms with Gasteiger partial charge in [0.1, 0.15) is 5.15 Å². The van der Waals surface area contributed by atoms with Crippen molar-refractivity contribution in [2.24, 2.45) is 0 Å². The molecule has 0 saturated heterocycles. The van der Waals surface area contributed by atoms with E-state index in [0.717, 1.165) is 23.6 Å². The highest BCUT2D eigenvalue weighted by Crippen LogP contribution is 2.24. The van der Waals surface area contributed by atoms with E-state index in [4.69, 9.17) is 16.3 Å². The molecule has 7 heteroatoms. The predicted molar refractivity (Wildman–Crippen MR) is 117 cm³/mol. The van der Waals surface area contributed by atoms with E-state index < -0.39 is 5.97 Å². The van der Waals surface area contributed by atoms with Gasteiger partial charge in [0.05, 0.1) is 11.4 Å². The topological polar surface area (TPSA) is 66.1 Å². The molecule has 0 amide bonds. The van der Waals surface area contributed by atoms with Crippen LogP contribution in [0.25, 0.3) is 11.8 Å². The maximum Gasteiger partial charge on any atom is 0.331 e. The molecule has 0 aliphatic rings. The molecule has 0 atom stereocenters. The van der Waals surface area contributed by atoms with Crippen molar-refractivity contribution in [1.82, 2.24) is 14.3 Å². The molecule has 30 heavy (non-hydrogen) atoms. The Morgan fingerprint density at radius 1 is 1.17 bits per heavy atom. The number of para-hydroxylation sites is 1. The normalized spacial score (nSPS) is 11.2. The number of carbonyl (C=O) groups excluding carboxylic acids is 2. The summed E-state index contributed by atoms with van der Waals surface area (Å²) in [6.45, 7) is 8.14. The lowest BCUT2D eigenvalue weighted by atomic mass is 10.1. The van der Waals surface area contributed by atoms with Crippen molar-refractivity contribution in [3.05, 3.63) is 75.8 Å². The minimum absolute atomic E-state index is 0.226. The molecule has 2 heterocycles. The molecule has 1 aromatic carbocycles. The predicted octanol–water partition coefficient (Wildman–Crippen LogP) is 4.71. The van der Waals surface area contributed by atoms with Crippen molar-refractivity contribution in [2.75, 3.05) is 6.61 Å². The van der Waals surface area contributed by atoms with Crippen LogP contribution in [0.1, 0.15) is 39.9 Å². The first kappa shape index (κ1) is 21.6. The Hall–Kier alpha value is -3.12. The fourth-order valence-corrected chi connectivity index (χ4v) is 3.76. The van der Waals surface area contributed by atoms with Gasteiger partial charge in [-0.3, -0.25) is 4.79 Å². The molecule has 0 aliphatic heterocycles. The number of nitrogens with zero attached hydrogens (tertiary/aromatic N) is 3. The summed E-state index contributed by atoms with van der Waals surface area (Å²) in [7, 11) is 0. The van der Waals surface area contributed by atoms with Crippen molar-refractivity contribution >= 4 is 29.4 Å². The fraction of sp³-hybridized carbons (Fsp3) is 0.261. The third kappa shape index (κ3) is 4.39. The Kier molecular flexibility index (Phi) is 6.57. The van der Waals surface area contributed by atoms with E-state index in [1.54, 1.807) is 10.8 Å². The number of benzene rings is 1. The van der Waals surface area contributed by atoms with Gasteiger partial charge in [-0.2, -0.15) is 5.10 Å². The van der Waals surface area contributed by atoms with Crippen LogP contribution in [0.15, 0.2) is 42.5 Å². The molecule has 0 bridgehead atoms. The first-order valence-corrected chi connectivity index (χ1v) is 10.1. The number of rotatable bonds is 7. The summed E-state index contributed by atoms with van der Waals surface area (Å²) < 4.78 is 8.79. The fourth-order valence-electron chi connectivity index (χ4n) is 3.42. The summed E-state index contributed by atoms with van der Waals surface area (Å²) in [5, 5.41) is 4.82.